The summed E-state index contributed by atoms with van der Waals surface area (Å²) in [5.41, 5.74) is 1.49. The van der Waals surface area contributed by atoms with Crippen molar-refractivity contribution in [1.82, 2.24) is 20.0 Å². The molecule has 0 saturated carbocycles. The summed E-state index contributed by atoms with van der Waals surface area (Å²) in [5, 5.41) is 6.48. The van der Waals surface area contributed by atoms with Crippen LogP contribution in [0, 0.1) is 6.92 Å². The van der Waals surface area contributed by atoms with Crippen LogP contribution < -0.4 is 5.32 Å². The monoisotopic (exact) mass is 353 g/mol. The van der Waals surface area contributed by atoms with Gasteiger partial charge in [0.2, 0.25) is 0 Å². The number of hydrogen-bond donors (Lipinski definition) is 1. The van der Waals surface area contributed by atoms with Gasteiger partial charge in [0.15, 0.2) is 11.7 Å². The Balaban J connectivity index is 2.07. The highest BCUT2D eigenvalue weighted by molar-refractivity contribution is 5.79. The smallest absolute Gasteiger partial charge is 0.352 e. The topological polar surface area (TPSA) is 45.5 Å². The van der Waals surface area contributed by atoms with Crippen molar-refractivity contribution in [3.05, 3.63) is 52.8 Å². The molecule has 0 unspecified atom stereocenters. The second-order valence-electron chi connectivity index (χ2n) is 5.86. The summed E-state index contributed by atoms with van der Waals surface area (Å²) in [6, 6.07) is 7.96. The van der Waals surface area contributed by atoms with Gasteiger partial charge in [0.05, 0.1) is 0 Å². The molecule has 25 heavy (non-hydrogen) atoms. The first kappa shape index (κ1) is 18.8. The van der Waals surface area contributed by atoms with Crippen LogP contribution >= 0.6 is 0 Å². The van der Waals surface area contributed by atoms with Crippen molar-refractivity contribution in [2.75, 3.05) is 14.1 Å². The molecule has 1 heterocycles. The molecule has 0 spiro atoms. The number of aliphatic imine (C=N–C) groups is 1. The fourth-order valence-electron chi connectivity index (χ4n) is 2.58. The first-order valence-electron chi connectivity index (χ1n) is 7.78. The molecular weight excluding hydrogens is 331 g/mol. The van der Waals surface area contributed by atoms with E-state index in [2.05, 4.69) is 15.4 Å². The van der Waals surface area contributed by atoms with Crippen LogP contribution in [-0.2, 0) is 26.3 Å². The second-order valence-corrected chi connectivity index (χ2v) is 5.86. The molecule has 0 atom stereocenters. The van der Waals surface area contributed by atoms with Crippen LogP contribution in [0.1, 0.15) is 22.4 Å². The summed E-state index contributed by atoms with van der Waals surface area (Å²) in [4.78, 5) is 6.02. The lowest BCUT2D eigenvalue weighted by molar-refractivity contribution is -0.142. The number of alkyl halides is 3. The molecule has 2 aromatic rings. The summed E-state index contributed by atoms with van der Waals surface area (Å²) in [7, 11) is 4.91. The Kier molecular flexibility index (Phi) is 5.71. The molecule has 0 saturated heterocycles. The minimum Gasteiger partial charge on any atom is -0.352 e. The van der Waals surface area contributed by atoms with Crippen LogP contribution in [0.3, 0.4) is 0 Å². The third-order valence-electron chi connectivity index (χ3n) is 3.85. The molecule has 1 aromatic heterocycles. The highest BCUT2D eigenvalue weighted by Crippen LogP contribution is 2.30. The quantitative estimate of drug-likeness (QED) is 0.679. The standard InChI is InChI=1S/C17H22F3N5/c1-12-7-5-6-8-13(12)10-24(3)16(21-2)22-9-14-11-25(4)23-15(14)17(18,19)20/h5-8,11H,9-10H2,1-4H3,(H,21,22). The van der Waals surface area contributed by atoms with Crippen LogP contribution in [0.2, 0.25) is 0 Å². The molecule has 0 fully saturated rings. The van der Waals surface area contributed by atoms with Gasteiger partial charge < -0.3 is 10.2 Å². The van der Waals surface area contributed by atoms with Crippen LogP contribution in [0.25, 0.3) is 0 Å². The molecule has 0 aliphatic heterocycles. The fourth-order valence-corrected chi connectivity index (χ4v) is 2.58. The van der Waals surface area contributed by atoms with Crippen LogP contribution in [-0.4, -0.2) is 34.7 Å². The van der Waals surface area contributed by atoms with Gasteiger partial charge in [-0.15, -0.1) is 0 Å². The van der Waals surface area contributed by atoms with Crippen LogP contribution in [0.15, 0.2) is 35.5 Å². The number of nitrogens with one attached hydrogen (secondary N) is 1. The van der Waals surface area contributed by atoms with Gasteiger partial charge in [-0.25, -0.2) is 0 Å². The minimum atomic E-state index is -4.48. The predicted molar refractivity (Wildman–Crippen MR) is 91.1 cm³/mol. The average molecular weight is 353 g/mol. The molecule has 0 radical (unpaired) electrons. The largest absolute Gasteiger partial charge is 0.435 e. The number of rotatable bonds is 4. The van der Waals surface area contributed by atoms with E-state index < -0.39 is 11.9 Å². The highest BCUT2D eigenvalue weighted by atomic mass is 19.4. The van der Waals surface area contributed by atoms with Crippen molar-refractivity contribution in [2.24, 2.45) is 12.0 Å². The van der Waals surface area contributed by atoms with E-state index in [1.165, 1.54) is 17.9 Å². The maximum atomic E-state index is 13.0. The Morgan fingerprint density at radius 2 is 1.96 bits per heavy atom. The van der Waals surface area contributed by atoms with Crippen molar-refractivity contribution < 1.29 is 13.2 Å². The number of halogens is 3. The number of guanidine groups is 1. The van der Waals surface area contributed by atoms with E-state index in [-0.39, 0.29) is 12.1 Å². The zero-order valence-corrected chi connectivity index (χ0v) is 14.7. The van der Waals surface area contributed by atoms with E-state index in [0.717, 1.165) is 11.1 Å². The molecule has 136 valence electrons. The number of aromatic nitrogens is 2. The molecule has 1 aromatic carbocycles. The molecule has 2 rings (SSSR count). The van der Waals surface area contributed by atoms with Gasteiger partial charge in [-0.1, -0.05) is 24.3 Å². The zero-order chi connectivity index (χ0) is 18.6. The summed E-state index contributed by atoms with van der Waals surface area (Å²) >= 11 is 0. The summed E-state index contributed by atoms with van der Waals surface area (Å²) in [5.74, 6) is 0.514. The lowest BCUT2D eigenvalue weighted by atomic mass is 10.1. The summed E-state index contributed by atoms with van der Waals surface area (Å²) in [6.07, 6.45) is -3.11. The summed E-state index contributed by atoms with van der Waals surface area (Å²) in [6.45, 7) is 2.61. The Morgan fingerprint density at radius 3 is 2.56 bits per heavy atom. The Labute approximate surface area is 145 Å². The molecule has 8 heteroatoms. The minimum absolute atomic E-state index is 0.00648. The van der Waals surface area contributed by atoms with Crippen molar-refractivity contribution >= 4 is 5.96 Å². The van der Waals surface area contributed by atoms with Crippen molar-refractivity contribution in [2.45, 2.75) is 26.2 Å². The molecule has 0 bridgehead atoms. The lowest BCUT2D eigenvalue weighted by Crippen LogP contribution is -2.38. The third kappa shape index (κ3) is 4.74. The van der Waals surface area contributed by atoms with E-state index in [1.54, 1.807) is 7.05 Å². The van der Waals surface area contributed by atoms with Crippen molar-refractivity contribution in [3.63, 3.8) is 0 Å². The predicted octanol–water partition coefficient (Wildman–Crippen LogP) is 2.95. The van der Waals surface area contributed by atoms with Crippen LogP contribution in [0.5, 0.6) is 0 Å². The number of hydrogen-bond acceptors (Lipinski definition) is 2. The Hall–Kier alpha value is -2.51. The number of nitrogens with zero attached hydrogens (tertiary/aromatic N) is 4. The van der Waals surface area contributed by atoms with Crippen molar-refractivity contribution in [1.29, 1.82) is 0 Å². The fraction of sp³-hybridized carbons (Fsp3) is 0.412. The molecular formula is C17H22F3N5. The molecule has 0 amide bonds. The third-order valence-corrected chi connectivity index (χ3v) is 3.85. The molecule has 0 aliphatic rings. The highest BCUT2D eigenvalue weighted by Gasteiger charge is 2.36. The van der Waals surface area contributed by atoms with Gasteiger partial charge in [0.25, 0.3) is 0 Å². The van der Waals surface area contributed by atoms with E-state index in [1.807, 2.05) is 43.1 Å². The van der Waals surface area contributed by atoms with Gasteiger partial charge in [-0.05, 0) is 18.1 Å². The SMILES string of the molecule is CN=C(NCc1cn(C)nc1C(F)(F)F)N(C)Cc1ccccc1C. The zero-order valence-electron chi connectivity index (χ0n) is 14.7. The molecule has 0 aliphatic carbocycles. The van der Waals surface area contributed by atoms with Gasteiger partial charge in [0.1, 0.15) is 0 Å². The van der Waals surface area contributed by atoms with Gasteiger partial charge in [-0.3, -0.25) is 9.67 Å². The maximum absolute atomic E-state index is 13.0. The lowest BCUT2D eigenvalue weighted by Gasteiger charge is -2.23. The summed E-state index contributed by atoms with van der Waals surface area (Å²) < 4.78 is 40.2. The molecule has 5 nitrogen and oxygen atoms in total. The van der Waals surface area contributed by atoms with Gasteiger partial charge >= 0.3 is 6.18 Å². The van der Waals surface area contributed by atoms with E-state index in [9.17, 15) is 13.2 Å². The van der Waals surface area contributed by atoms with Crippen molar-refractivity contribution in [3.8, 4) is 0 Å². The van der Waals surface area contributed by atoms with Crippen LogP contribution in [0.4, 0.5) is 13.2 Å². The Morgan fingerprint density at radius 1 is 1.28 bits per heavy atom. The van der Waals surface area contributed by atoms with Gasteiger partial charge in [0, 0.05) is 46.0 Å². The van der Waals surface area contributed by atoms with Gasteiger partial charge in [-0.2, -0.15) is 18.3 Å². The average Bonchev–Trinajstić information content (AvgIpc) is 2.91. The maximum Gasteiger partial charge on any atom is 0.435 e. The first-order valence-corrected chi connectivity index (χ1v) is 7.78. The Bertz CT molecular complexity index is 749. The number of benzene rings is 1. The van der Waals surface area contributed by atoms with E-state index >= 15 is 0 Å². The normalized spacial score (nSPS) is 12.4. The second kappa shape index (κ2) is 7.58. The van der Waals surface area contributed by atoms with E-state index in [0.29, 0.717) is 12.5 Å². The molecule has 1 N–H and O–H groups in total. The van der Waals surface area contributed by atoms with E-state index in [4.69, 9.17) is 0 Å². The first-order chi connectivity index (χ1) is 11.7. The number of aryl methyl sites for hydroxylation is 2.